The van der Waals surface area contributed by atoms with Crippen molar-refractivity contribution in [2.75, 3.05) is 7.11 Å². The van der Waals surface area contributed by atoms with Crippen molar-refractivity contribution >= 4 is 17.2 Å². The van der Waals surface area contributed by atoms with Crippen molar-refractivity contribution in [1.82, 2.24) is 4.98 Å². The fourth-order valence-electron chi connectivity index (χ4n) is 1.89. The van der Waals surface area contributed by atoms with Gasteiger partial charge in [0.05, 0.1) is 17.7 Å². The molecule has 1 aromatic heterocycles. The van der Waals surface area contributed by atoms with E-state index in [1.807, 2.05) is 24.3 Å². The zero-order valence-electron chi connectivity index (χ0n) is 12.2. The second-order valence-electron chi connectivity index (χ2n) is 5.59. The molecule has 0 bridgehead atoms. The molecule has 20 heavy (non-hydrogen) atoms. The van der Waals surface area contributed by atoms with Gasteiger partial charge in [-0.15, -0.1) is 11.3 Å². The van der Waals surface area contributed by atoms with Crippen molar-refractivity contribution in [2.45, 2.75) is 26.2 Å². The van der Waals surface area contributed by atoms with Crippen molar-refractivity contribution in [2.24, 2.45) is 5.73 Å². The number of nitrogen functional groups attached to an aromatic ring is 1. The highest BCUT2D eigenvalue weighted by Gasteiger charge is 2.25. The van der Waals surface area contributed by atoms with Crippen molar-refractivity contribution in [1.29, 1.82) is 5.41 Å². The van der Waals surface area contributed by atoms with Gasteiger partial charge in [0.1, 0.15) is 16.6 Å². The molecule has 0 saturated carbocycles. The Labute approximate surface area is 123 Å². The molecule has 106 valence electrons. The summed E-state index contributed by atoms with van der Waals surface area (Å²) in [4.78, 5) is 5.44. The van der Waals surface area contributed by atoms with Gasteiger partial charge in [0.2, 0.25) is 0 Å². The van der Waals surface area contributed by atoms with Crippen molar-refractivity contribution in [3.05, 3.63) is 34.8 Å². The molecule has 0 unspecified atom stereocenters. The summed E-state index contributed by atoms with van der Waals surface area (Å²) in [5.74, 6) is 0.862. The first kappa shape index (κ1) is 14.5. The van der Waals surface area contributed by atoms with Crippen LogP contribution in [0.2, 0.25) is 0 Å². The first-order valence-electron chi connectivity index (χ1n) is 6.33. The number of rotatable bonds is 3. The van der Waals surface area contributed by atoms with Crippen molar-refractivity contribution in [3.63, 3.8) is 0 Å². The molecule has 0 fully saturated rings. The predicted molar refractivity (Wildman–Crippen MR) is 83.8 cm³/mol. The summed E-state index contributed by atoms with van der Waals surface area (Å²) in [5, 5.41) is 8.59. The van der Waals surface area contributed by atoms with Gasteiger partial charge in [0.25, 0.3) is 0 Å². The standard InChI is InChI=1S/C15H19N3OS/c1-15(2,3)12-11(13(16)17)20-14(18-12)9-6-5-7-10(8-9)19-4/h5-8H,1-4H3,(H3,16,17). The van der Waals surface area contributed by atoms with E-state index in [2.05, 4.69) is 20.8 Å². The van der Waals surface area contributed by atoms with E-state index in [4.69, 9.17) is 20.9 Å². The summed E-state index contributed by atoms with van der Waals surface area (Å²) in [6.07, 6.45) is 0. The van der Waals surface area contributed by atoms with E-state index in [0.717, 1.165) is 26.9 Å². The van der Waals surface area contributed by atoms with Gasteiger partial charge in [0.15, 0.2) is 0 Å². The number of amidine groups is 1. The first-order valence-corrected chi connectivity index (χ1v) is 7.14. The molecule has 4 nitrogen and oxygen atoms in total. The van der Waals surface area contributed by atoms with E-state index in [1.165, 1.54) is 11.3 Å². The zero-order chi connectivity index (χ0) is 14.9. The van der Waals surface area contributed by atoms with E-state index >= 15 is 0 Å². The fourth-order valence-corrected chi connectivity index (χ4v) is 3.02. The van der Waals surface area contributed by atoms with Crippen LogP contribution in [0, 0.1) is 5.41 Å². The molecule has 0 saturated heterocycles. The van der Waals surface area contributed by atoms with E-state index in [-0.39, 0.29) is 11.3 Å². The highest BCUT2D eigenvalue weighted by molar-refractivity contribution is 7.17. The second-order valence-corrected chi connectivity index (χ2v) is 6.59. The molecule has 2 rings (SSSR count). The van der Waals surface area contributed by atoms with Crippen LogP contribution in [-0.4, -0.2) is 17.9 Å². The van der Waals surface area contributed by atoms with Crippen LogP contribution in [0.5, 0.6) is 5.75 Å². The van der Waals surface area contributed by atoms with Gasteiger partial charge in [-0.2, -0.15) is 0 Å². The Hall–Kier alpha value is -1.88. The average molecular weight is 289 g/mol. The third kappa shape index (κ3) is 2.82. The quantitative estimate of drug-likeness (QED) is 0.672. The highest BCUT2D eigenvalue weighted by Crippen LogP contribution is 2.35. The van der Waals surface area contributed by atoms with Gasteiger partial charge in [-0.25, -0.2) is 4.98 Å². The number of aromatic nitrogens is 1. The molecule has 3 N–H and O–H groups in total. The van der Waals surface area contributed by atoms with Gasteiger partial charge in [-0.3, -0.25) is 5.41 Å². The number of nitrogens with two attached hydrogens (primary N) is 1. The van der Waals surface area contributed by atoms with E-state index in [0.29, 0.717) is 0 Å². The average Bonchev–Trinajstić information content (AvgIpc) is 2.84. The van der Waals surface area contributed by atoms with Gasteiger partial charge in [-0.1, -0.05) is 32.9 Å². The molecular formula is C15H19N3OS. The molecule has 0 atom stereocenters. The summed E-state index contributed by atoms with van der Waals surface area (Å²) in [7, 11) is 1.64. The molecular weight excluding hydrogens is 270 g/mol. The molecule has 1 aromatic carbocycles. The van der Waals surface area contributed by atoms with Crippen LogP contribution in [0.1, 0.15) is 31.3 Å². The van der Waals surface area contributed by atoms with Crippen LogP contribution < -0.4 is 10.5 Å². The Bertz CT molecular complexity index is 641. The SMILES string of the molecule is COc1cccc(-c2nc(C(C)(C)C)c(C(=N)N)s2)c1. The third-order valence-corrected chi connectivity index (χ3v) is 4.04. The lowest BCUT2D eigenvalue weighted by molar-refractivity contribution is 0.415. The summed E-state index contributed by atoms with van der Waals surface area (Å²) in [5.41, 5.74) is 7.39. The molecule has 0 amide bonds. The predicted octanol–water partition coefficient (Wildman–Crippen LogP) is 3.40. The summed E-state index contributed by atoms with van der Waals surface area (Å²) >= 11 is 1.45. The zero-order valence-corrected chi connectivity index (χ0v) is 13.0. The number of nitrogens with one attached hydrogen (secondary N) is 1. The number of thiazole rings is 1. The van der Waals surface area contributed by atoms with Gasteiger partial charge in [0, 0.05) is 11.0 Å². The minimum atomic E-state index is -0.144. The number of ether oxygens (including phenoxy) is 1. The second kappa shape index (κ2) is 5.25. The Kier molecular flexibility index (Phi) is 3.81. The molecule has 0 spiro atoms. The maximum absolute atomic E-state index is 7.73. The van der Waals surface area contributed by atoms with E-state index in [9.17, 15) is 0 Å². The van der Waals surface area contributed by atoms with Crippen LogP contribution >= 0.6 is 11.3 Å². The van der Waals surface area contributed by atoms with Gasteiger partial charge >= 0.3 is 0 Å². The Balaban J connectivity index is 2.56. The van der Waals surface area contributed by atoms with Gasteiger partial charge < -0.3 is 10.5 Å². The topological polar surface area (TPSA) is 72.0 Å². The Morgan fingerprint density at radius 2 is 2.05 bits per heavy atom. The molecule has 1 heterocycles. The molecule has 5 heteroatoms. The largest absolute Gasteiger partial charge is 0.497 e. The Morgan fingerprint density at radius 1 is 1.35 bits per heavy atom. The van der Waals surface area contributed by atoms with Crippen molar-refractivity contribution in [3.8, 4) is 16.3 Å². The third-order valence-electron chi connectivity index (χ3n) is 2.90. The van der Waals surface area contributed by atoms with Crippen molar-refractivity contribution < 1.29 is 4.74 Å². The molecule has 2 aromatic rings. The lowest BCUT2D eigenvalue weighted by Gasteiger charge is -2.16. The number of hydrogen-bond acceptors (Lipinski definition) is 4. The summed E-state index contributed by atoms with van der Waals surface area (Å²) in [6, 6.07) is 7.75. The number of hydrogen-bond donors (Lipinski definition) is 2. The van der Waals surface area contributed by atoms with Crippen LogP contribution in [-0.2, 0) is 5.41 Å². The van der Waals surface area contributed by atoms with Crippen LogP contribution in [0.25, 0.3) is 10.6 Å². The smallest absolute Gasteiger partial charge is 0.135 e. The molecule has 0 aliphatic rings. The minimum absolute atomic E-state index is 0.0709. The molecule has 0 aliphatic heterocycles. The minimum Gasteiger partial charge on any atom is -0.497 e. The fraction of sp³-hybridized carbons (Fsp3) is 0.333. The summed E-state index contributed by atoms with van der Waals surface area (Å²) < 4.78 is 5.24. The molecule has 0 aliphatic carbocycles. The number of benzene rings is 1. The lowest BCUT2D eigenvalue weighted by atomic mass is 9.91. The lowest BCUT2D eigenvalue weighted by Crippen LogP contribution is -2.19. The van der Waals surface area contributed by atoms with Gasteiger partial charge in [-0.05, 0) is 12.1 Å². The maximum atomic E-state index is 7.73. The van der Waals surface area contributed by atoms with Crippen LogP contribution in [0.15, 0.2) is 24.3 Å². The first-order chi connectivity index (χ1) is 9.32. The summed E-state index contributed by atoms with van der Waals surface area (Å²) in [6.45, 7) is 6.22. The van der Waals surface area contributed by atoms with Crippen LogP contribution in [0.3, 0.4) is 0 Å². The maximum Gasteiger partial charge on any atom is 0.135 e. The van der Waals surface area contributed by atoms with Crippen LogP contribution in [0.4, 0.5) is 0 Å². The number of methoxy groups -OCH3 is 1. The number of nitrogens with zero attached hydrogens (tertiary/aromatic N) is 1. The van der Waals surface area contributed by atoms with E-state index in [1.54, 1.807) is 7.11 Å². The molecule has 0 radical (unpaired) electrons. The Morgan fingerprint density at radius 3 is 2.55 bits per heavy atom. The highest BCUT2D eigenvalue weighted by atomic mass is 32.1. The van der Waals surface area contributed by atoms with E-state index < -0.39 is 0 Å². The monoisotopic (exact) mass is 289 g/mol. The normalized spacial score (nSPS) is 11.4.